The SMILES string of the molecule is C=C(C(=O)Nc1ccc(-c2c(-c3ccc(Oc4nccc(C)n4)c(F)c3)c3c(N)ncnc3n2C)c(Cl)c1)[C@H]1C[C@@H]1F. The van der Waals surface area contributed by atoms with E-state index in [1.54, 1.807) is 48.9 Å². The number of amides is 1. The molecule has 6 rings (SSSR count). The smallest absolute Gasteiger partial charge is 0.322 e. The van der Waals surface area contributed by atoms with Gasteiger partial charge in [0, 0.05) is 47.2 Å². The van der Waals surface area contributed by atoms with Crippen molar-refractivity contribution in [1.29, 1.82) is 0 Å². The predicted octanol–water partition coefficient (Wildman–Crippen LogP) is 6.42. The molecule has 3 aromatic heterocycles. The maximum atomic E-state index is 15.4. The Hall–Kier alpha value is -4.90. The van der Waals surface area contributed by atoms with Gasteiger partial charge in [0.15, 0.2) is 11.6 Å². The molecule has 42 heavy (non-hydrogen) atoms. The molecular weight excluding hydrogens is 564 g/mol. The van der Waals surface area contributed by atoms with Crippen LogP contribution in [0.5, 0.6) is 11.8 Å². The van der Waals surface area contributed by atoms with Crippen molar-refractivity contribution in [2.24, 2.45) is 13.0 Å². The van der Waals surface area contributed by atoms with E-state index in [1.807, 2.05) is 0 Å². The van der Waals surface area contributed by atoms with E-state index in [-0.39, 0.29) is 23.2 Å². The Morgan fingerprint density at radius 3 is 2.67 bits per heavy atom. The van der Waals surface area contributed by atoms with Crippen molar-refractivity contribution >= 4 is 40.0 Å². The van der Waals surface area contributed by atoms with E-state index >= 15 is 4.39 Å². The molecule has 2 aromatic carbocycles. The van der Waals surface area contributed by atoms with Crippen LogP contribution in [0, 0.1) is 18.7 Å². The lowest BCUT2D eigenvalue weighted by Gasteiger charge is -2.13. The van der Waals surface area contributed by atoms with Crippen LogP contribution in [-0.4, -0.2) is 36.6 Å². The van der Waals surface area contributed by atoms with Crippen molar-refractivity contribution in [3.63, 3.8) is 0 Å². The van der Waals surface area contributed by atoms with Crippen molar-refractivity contribution in [2.45, 2.75) is 19.5 Å². The Morgan fingerprint density at radius 2 is 1.98 bits per heavy atom. The van der Waals surface area contributed by atoms with Gasteiger partial charge < -0.3 is 20.4 Å². The van der Waals surface area contributed by atoms with Gasteiger partial charge in [-0.05, 0) is 55.3 Å². The maximum absolute atomic E-state index is 15.4. The molecule has 9 nitrogen and oxygen atoms in total. The highest BCUT2D eigenvalue weighted by molar-refractivity contribution is 6.34. The molecule has 0 unspecified atom stereocenters. The fourth-order valence-electron chi connectivity index (χ4n) is 4.87. The zero-order valence-corrected chi connectivity index (χ0v) is 23.3. The molecule has 1 aliphatic rings. The van der Waals surface area contributed by atoms with Gasteiger partial charge in [-0.15, -0.1) is 0 Å². The van der Waals surface area contributed by atoms with Crippen molar-refractivity contribution in [3.8, 4) is 34.1 Å². The fraction of sp³-hybridized carbons (Fsp3) is 0.167. The van der Waals surface area contributed by atoms with Crippen molar-refractivity contribution in [2.75, 3.05) is 11.1 Å². The zero-order valence-electron chi connectivity index (χ0n) is 22.5. The van der Waals surface area contributed by atoms with E-state index < -0.39 is 23.8 Å². The van der Waals surface area contributed by atoms with E-state index in [4.69, 9.17) is 22.1 Å². The third kappa shape index (κ3) is 4.92. The number of nitrogen functional groups attached to an aromatic ring is 1. The van der Waals surface area contributed by atoms with E-state index in [0.29, 0.717) is 56.2 Å². The number of carbonyl (C=O) groups excluding carboxylic acids is 1. The van der Waals surface area contributed by atoms with E-state index in [2.05, 4.69) is 31.8 Å². The molecule has 0 saturated heterocycles. The molecule has 1 aliphatic carbocycles. The van der Waals surface area contributed by atoms with Gasteiger partial charge in [0.2, 0.25) is 0 Å². The molecule has 2 atom stereocenters. The van der Waals surface area contributed by atoms with Crippen LogP contribution < -0.4 is 15.8 Å². The second-order valence-electron chi connectivity index (χ2n) is 10.0. The van der Waals surface area contributed by atoms with Crippen molar-refractivity contribution in [1.82, 2.24) is 24.5 Å². The molecule has 3 heterocycles. The molecular formula is C30H24ClF2N7O2. The molecule has 0 bridgehead atoms. The highest BCUT2D eigenvalue weighted by Gasteiger charge is 2.42. The van der Waals surface area contributed by atoms with Gasteiger partial charge >= 0.3 is 6.01 Å². The van der Waals surface area contributed by atoms with Crippen molar-refractivity contribution in [3.05, 3.63) is 83.7 Å². The summed E-state index contributed by atoms with van der Waals surface area (Å²) >= 11 is 6.76. The molecule has 12 heteroatoms. The topological polar surface area (TPSA) is 121 Å². The van der Waals surface area contributed by atoms with Gasteiger partial charge in [-0.3, -0.25) is 4.79 Å². The van der Waals surface area contributed by atoms with E-state index in [1.165, 1.54) is 24.7 Å². The molecule has 212 valence electrons. The first-order valence-electron chi connectivity index (χ1n) is 12.9. The lowest BCUT2D eigenvalue weighted by Crippen LogP contribution is -2.15. The number of carbonyl (C=O) groups is 1. The number of fused-ring (bicyclic) bond motifs is 1. The molecule has 0 aliphatic heterocycles. The minimum Gasteiger partial charge on any atom is -0.421 e. The van der Waals surface area contributed by atoms with Gasteiger partial charge in [0.1, 0.15) is 24.0 Å². The summed E-state index contributed by atoms with van der Waals surface area (Å²) < 4.78 is 36.2. The maximum Gasteiger partial charge on any atom is 0.322 e. The van der Waals surface area contributed by atoms with E-state index in [9.17, 15) is 9.18 Å². The number of alkyl halides is 1. The van der Waals surface area contributed by atoms with Gasteiger partial charge in [-0.1, -0.05) is 24.2 Å². The largest absolute Gasteiger partial charge is 0.421 e. The van der Waals surface area contributed by atoms with Gasteiger partial charge in [-0.2, -0.15) is 0 Å². The van der Waals surface area contributed by atoms with E-state index in [0.717, 1.165) is 0 Å². The second kappa shape index (κ2) is 10.5. The van der Waals surface area contributed by atoms with Crippen LogP contribution in [0.3, 0.4) is 0 Å². The van der Waals surface area contributed by atoms with Crippen LogP contribution in [-0.2, 0) is 11.8 Å². The van der Waals surface area contributed by atoms with Crippen LogP contribution in [0.2, 0.25) is 5.02 Å². The summed E-state index contributed by atoms with van der Waals surface area (Å²) in [5.74, 6) is -1.42. The van der Waals surface area contributed by atoms with Gasteiger partial charge in [-0.25, -0.2) is 28.7 Å². The average Bonchev–Trinajstić information content (AvgIpc) is 3.61. The number of aryl methyl sites for hydroxylation is 2. The van der Waals surface area contributed by atoms with Crippen LogP contribution >= 0.6 is 11.6 Å². The third-order valence-corrected chi connectivity index (χ3v) is 7.44. The molecule has 3 N–H and O–H groups in total. The highest BCUT2D eigenvalue weighted by Crippen LogP contribution is 2.45. The first-order chi connectivity index (χ1) is 20.1. The Bertz CT molecular complexity index is 1910. The minimum absolute atomic E-state index is 0.0225. The molecule has 0 spiro atoms. The quantitative estimate of drug-likeness (QED) is 0.211. The minimum atomic E-state index is -1.03. The summed E-state index contributed by atoms with van der Waals surface area (Å²) in [7, 11) is 1.79. The Kier molecular flexibility index (Phi) is 6.82. The van der Waals surface area contributed by atoms with Crippen LogP contribution in [0.4, 0.5) is 20.3 Å². The summed E-state index contributed by atoms with van der Waals surface area (Å²) in [6, 6.07) is 11.2. The highest BCUT2D eigenvalue weighted by atomic mass is 35.5. The Balaban J connectivity index is 1.41. The van der Waals surface area contributed by atoms with Gasteiger partial charge in [0.05, 0.1) is 16.1 Å². The normalized spacial score (nSPS) is 15.9. The number of aromatic nitrogens is 5. The van der Waals surface area contributed by atoms with Crippen molar-refractivity contribution < 1.29 is 18.3 Å². The fourth-order valence-corrected chi connectivity index (χ4v) is 5.14. The molecule has 1 fully saturated rings. The summed E-state index contributed by atoms with van der Waals surface area (Å²) in [4.78, 5) is 29.3. The number of ether oxygens (including phenoxy) is 1. The number of nitrogens with one attached hydrogen (secondary N) is 1. The van der Waals surface area contributed by atoms with Crippen LogP contribution in [0.15, 0.2) is 67.1 Å². The van der Waals surface area contributed by atoms with Crippen LogP contribution in [0.1, 0.15) is 12.1 Å². The zero-order chi connectivity index (χ0) is 29.7. The summed E-state index contributed by atoms with van der Waals surface area (Å²) in [5, 5.41) is 3.53. The number of rotatable bonds is 7. The monoisotopic (exact) mass is 587 g/mol. The number of nitrogens with zero attached hydrogens (tertiary/aromatic N) is 5. The first kappa shape index (κ1) is 27.3. The predicted molar refractivity (Wildman–Crippen MR) is 156 cm³/mol. The number of anilines is 2. The Morgan fingerprint density at radius 1 is 1.19 bits per heavy atom. The second-order valence-corrected chi connectivity index (χ2v) is 10.4. The summed E-state index contributed by atoms with van der Waals surface area (Å²) in [6.45, 7) is 5.50. The van der Waals surface area contributed by atoms with Crippen LogP contribution in [0.25, 0.3) is 33.4 Å². The number of hydrogen-bond acceptors (Lipinski definition) is 7. The number of nitrogens with two attached hydrogens (primary N) is 1. The molecule has 1 saturated carbocycles. The third-order valence-electron chi connectivity index (χ3n) is 7.12. The Labute approximate surface area is 244 Å². The first-order valence-corrected chi connectivity index (χ1v) is 13.3. The molecule has 1 amide bonds. The molecule has 0 radical (unpaired) electrons. The summed E-state index contributed by atoms with van der Waals surface area (Å²) in [6.07, 6.45) is 2.14. The molecule has 5 aromatic rings. The number of benzene rings is 2. The van der Waals surface area contributed by atoms with Gasteiger partial charge in [0.25, 0.3) is 5.91 Å². The number of hydrogen-bond donors (Lipinski definition) is 2. The average molecular weight is 588 g/mol. The summed E-state index contributed by atoms with van der Waals surface area (Å²) in [5.41, 5.74) is 10.3. The standard InChI is InChI=1S/C30H24ClF2N7O2/c1-14-8-9-35-30(38-14)42-23-7-4-16(10-22(23)33)24-25-27(34)36-13-37-28(25)40(3)26(24)18-6-5-17(11-20(18)31)39-29(41)15(2)19-12-21(19)32/h4-11,13,19,21H,2,12H2,1,3H3,(H,39,41)(H2,34,36,37)/t19-,21+/m1/s1. The number of halogens is 3. The lowest BCUT2D eigenvalue weighted by molar-refractivity contribution is -0.113. The lowest BCUT2D eigenvalue weighted by atomic mass is 9.98.